The van der Waals surface area contributed by atoms with E-state index in [1.165, 1.54) is 6.20 Å². The summed E-state index contributed by atoms with van der Waals surface area (Å²) in [5.41, 5.74) is 8.64. The number of hydrogen-bond donors (Lipinski definition) is 1. The Hall–Kier alpha value is -2.10. The lowest BCUT2D eigenvalue weighted by atomic mass is 10.0. The van der Waals surface area contributed by atoms with E-state index >= 15 is 0 Å². The molecule has 2 rings (SSSR count). The Morgan fingerprint density at radius 1 is 1.40 bits per heavy atom. The Labute approximate surface area is 86.7 Å². The predicted molar refractivity (Wildman–Crippen MR) is 56.5 cm³/mol. The molecule has 1 heterocycles. The summed E-state index contributed by atoms with van der Waals surface area (Å²) >= 11 is 0. The maximum absolute atomic E-state index is 10.9. The van der Waals surface area contributed by atoms with Gasteiger partial charge >= 0.3 is 0 Å². The van der Waals surface area contributed by atoms with Gasteiger partial charge in [-0.25, -0.2) is 0 Å². The molecule has 0 saturated carbocycles. The molecular weight excluding hydrogens is 192 g/mol. The zero-order valence-electron chi connectivity index (χ0n) is 8.23. The molecule has 15 heavy (non-hydrogen) atoms. The van der Waals surface area contributed by atoms with Crippen molar-refractivity contribution in [2.24, 2.45) is 0 Å². The highest BCUT2D eigenvalue weighted by Gasteiger charge is 2.11. The molecule has 0 fully saturated rings. The van der Waals surface area contributed by atoms with Crippen LogP contribution < -0.4 is 5.73 Å². The van der Waals surface area contributed by atoms with Crippen molar-refractivity contribution in [1.82, 2.24) is 5.16 Å². The average Bonchev–Trinajstić information content (AvgIpc) is 2.64. The number of carbonyl (C=O) groups excluding carboxylic acids is 1. The fourth-order valence-corrected chi connectivity index (χ4v) is 1.46. The summed E-state index contributed by atoms with van der Waals surface area (Å²) in [7, 11) is 0. The van der Waals surface area contributed by atoms with Crippen LogP contribution >= 0.6 is 0 Å². The van der Waals surface area contributed by atoms with Crippen LogP contribution in [0.15, 0.2) is 28.9 Å². The summed E-state index contributed by atoms with van der Waals surface area (Å²) in [5.74, 6) is 0.226. The molecule has 1 aromatic heterocycles. The van der Waals surface area contributed by atoms with Crippen molar-refractivity contribution in [2.45, 2.75) is 6.92 Å². The molecule has 2 N–H and O–H groups in total. The van der Waals surface area contributed by atoms with Crippen molar-refractivity contribution in [2.75, 3.05) is 5.73 Å². The number of aryl methyl sites for hydroxylation is 1. The zero-order chi connectivity index (χ0) is 10.8. The molecule has 0 unspecified atom stereocenters. The van der Waals surface area contributed by atoms with Crippen molar-refractivity contribution in [1.29, 1.82) is 0 Å². The van der Waals surface area contributed by atoms with Gasteiger partial charge < -0.3 is 10.3 Å². The Balaban J connectivity index is 2.65. The zero-order valence-corrected chi connectivity index (χ0v) is 8.23. The van der Waals surface area contributed by atoms with Gasteiger partial charge in [0, 0.05) is 5.56 Å². The summed E-state index contributed by atoms with van der Waals surface area (Å²) in [6.45, 7) is 1.95. The summed E-state index contributed by atoms with van der Waals surface area (Å²) < 4.78 is 4.77. The molecule has 0 bridgehead atoms. The Bertz CT molecular complexity index is 503. The van der Waals surface area contributed by atoms with Crippen molar-refractivity contribution < 1.29 is 9.32 Å². The summed E-state index contributed by atoms with van der Waals surface area (Å²) in [6.07, 6.45) is 2.30. The minimum absolute atomic E-state index is 0.226. The van der Waals surface area contributed by atoms with Gasteiger partial charge in [0.15, 0.2) is 6.29 Å². The highest BCUT2D eigenvalue weighted by atomic mass is 16.5. The predicted octanol–water partition coefficient (Wildman–Crippen LogP) is 2.04. The largest absolute Gasteiger partial charge is 0.367 e. The van der Waals surface area contributed by atoms with Gasteiger partial charge in [0.25, 0.3) is 0 Å². The van der Waals surface area contributed by atoms with Gasteiger partial charge in [-0.2, -0.15) is 0 Å². The highest BCUT2D eigenvalue weighted by Crippen LogP contribution is 2.28. The first-order valence-electron chi connectivity index (χ1n) is 4.48. The lowest BCUT2D eigenvalue weighted by molar-refractivity contribution is 0.112. The third-order valence-electron chi connectivity index (χ3n) is 2.22. The molecule has 4 heteroatoms. The quantitative estimate of drug-likeness (QED) is 0.756. The number of aldehydes is 1. The smallest absolute Gasteiger partial charge is 0.229 e. The van der Waals surface area contributed by atoms with E-state index < -0.39 is 0 Å². The van der Waals surface area contributed by atoms with Crippen molar-refractivity contribution in [3.63, 3.8) is 0 Å². The number of nitrogens with two attached hydrogens (primary N) is 1. The van der Waals surface area contributed by atoms with Crippen LogP contribution in [0.1, 0.15) is 15.9 Å². The van der Waals surface area contributed by atoms with E-state index in [0.29, 0.717) is 11.1 Å². The topological polar surface area (TPSA) is 69.1 Å². The monoisotopic (exact) mass is 202 g/mol. The molecule has 76 valence electrons. The fraction of sp³-hybridized carbons (Fsp3) is 0.0909. The first-order valence-corrected chi connectivity index (χ1v) is 4.48. The van der Waals surface area contributed by atoms with Gasteiger partial charge in [0.05, 0.1) is 11.8 Å². The first-order chi connectivity index (χ1) is 7.22. The van der Waals surface area contributed by atoms with E-state index in [4.69, 9.17) is 10.3 Å². The molecule has 0 aliphatic heterocycles. The van der Waals surface area contributed by atoms with Gasteiger partial charge in [0.1, 0.15) is 0 Å². The Kier molecular flexibility index (Phi) is 2.25. The minimum Gasteiger partial charge on any atom is -0.367 e. The molecular formula is C11H10N2O2. The third-order valence-corrected chi connectivity index (χ3v) is 2.22. The molecule has 0 aliphatic rings. The number of carbonyl (C=O) groups is 1. The molecule has 4 nitrogen and oxygen atoms in total. The van der Waals surface area contributed by atoms with Gasteiger partial charge in [-0.1, -0.05) is 28.9 Å². The molecule has 1 aromatic carbocycles. The summed E-state index contributed by atoms with van der Waals surface area (Å²) in [4.78, 5) is 10.9. The third kappa shape index (κ3) is 1.61. The van der Waals surface area contributed by atoms with Crippen LogP contribution in [0.5, 0.6) is 0 Å². The average molecular weight is 202 g/mol. The number of benzene rings is 1. The van der Waals surface area contributed by atoms with Gasteiger partial charge in [-0.15, -0.1) is 0 Å². The van der Waals surface area contributed by atoms with Gasteiger partial charge in [0.2, 0.25) is 5.88 Å². The standard InChI is InChI=1S/C11H10N2O2/c1-7-2-3-8(6-14)9(4-7)10-5-13-15-11(10)12/h2-6H,12H2,1H3. The van der Waals surface area contributed by atoms with E-state index in [-0.39, 0.29) is 5.88 Å². The second-order valence-corrected chi connectivity index (χ2v) is 3.31. The van der Waals surface area contributed by atoms with E-state index in [9.17, 15) is 4.79 Å². The highest BCUT2D eigenvalue weighted by molar-refractivity contribution is 5.90. The molecule has 0 amide bonds. The summed E-state index contributed by atoms with van der Waals surface area (Å²) in [6, 6.07) is 5.51. The number of nitrogen functional groups attached to an aromatic ring is 1. The molecule has 0 saturated heterocycles. The van der Waals surface area contributed by atoms with Crippen LogP contribution in [0.4, 0.5) is 5.88 Å². The normalized spacial score (nSPS) is 10.2. The van der Waals surface area contributed by atoms with Gasteiger partial charge in [-0.05, 0) is 12.5 Å². The Morgan fingerprint density at radius 3 is 2.80 bits per heavy atom. The van der Waals surface area contributed by atoms with Crippen LogP contribution in [0, 0.1) is 6.92 Å². The maximum atomic E-state index is 10.9. The van der Waals surface area contributed by atoms with Crippen molar-refractivity contribution >= 4 is 12.2 Å². The minimum atomic E-state index is 0.226. The SMILES string of the molecule is Cc1ccc(C=O)c(-c2cnoc2N)c1. The lowest BCUT2D eigenvalue weighted by Crippen LogP contribution is -1.91. The fourth-order valence-electron chi connectivity index (χ4n) is 1.46. The van der Waals surface area contributed by atoms with E-state index in [2.05, 4.69) is 5.16 Å². The number of aromatic nitrogens is 1. The van der Waals surface area contributed by atoms with E-state index in [1.54, 1.807) is 6.07 Å². The van der Waals surface area contributed by atoms with Crippen LogP contribution in [-0.4, -0.2) is 11.4 Å². The maximum Gasteiger partial charge on any atom is 0.229 e. The number of rotatable bonds is 2. The van der Waals surface area contributed by atoms with E-state index in [1.807, 2.05) is 19.1 Å². The lowest BCUT2D eigenvalue weighted by Gasteiger charge is -2.03. The van der Waals surface area contributed by atoms with Crippen LogP contribution in [0.2, 0.25) is 0 Å². The number of hydrogen-bond acceptors (Lipinski definition) is 4. The first kappa shape index (κ1) is 9.45. The van der Waals surface area contributed by atoms with Crippen LogP contribution in [0.3, 0.4) is 0 Å². The molecule has 0 radical (unpaired) electrons. The van der Waals surface area contributed by atoms with Crippen LogP contribution in [-0.2, 0) is 0 Å². The van der Waals surface area contributed by atoms with E-state index in [0.717, 1.165) is 17.4 Å². The molecule has 2 aromatic rings. The molecule has 0 spiro atoms. The van der Waals surface area contributed by atoms with Crippen molar-refractivity contribution in [3.05, 3.63) is 35.5 Å². The second-order valence-electron chi connectivity index (χ2n) is 3.31. The molecule has 0 aliphatic carbocycles. The van der Waals surface area contributed by atoms with Crippen LogP contribution in [0.25, 0.3) is 11.1 Å². The summed E-state index contributed by atoms with van der Waals surface area (Å²) in [5, 5.41) is 3.59. The number of nitrogens with zero attached hydrogens (tertiary/aromatic N) is 1. The van der Waals surface area contributed by atoms with Gasteiger partial charge in [-0.3, -0.25) is 4.79 Å². The van der Waals surface area contributed by atoms with Crippen molar-refractivity contribution in [3.8, 4) is 11.1 Å². The number of anilines is 1. The Morgan fingerprint density at radius 2 is 2.20 bits per heavy atom. The second kappa shape index (κ2) is 3.57. The molecule has 0 atom stereocenters.